The van der Waals surface area contributed by atoms with Gasteiger partial charge in [-0.05, 0) is 73.0 Å². The summed E-state index contributed by atoms with van der Waals surface area (Å²) < 4.78 is 0. The monoisotopic (exact) mass is 493 g/mol. The molecule has 1 aliphatic heterocycles. The molecule has 0 unspecified atom stereocenters. The molecule has 3 aromatic rings. The molecule has 0 saturated heterocycles. The van der Waals surface area contributed by atoms with Crippen LogP contribution < -0.4 is 15.5 Å². The van der Waals surface area contributed by atoms with Crippen LogP contribution >= 0.6 is 23.2 Å². The summed E-state index contributed by atoms with van der Waals surface area (Å²) in [6.07, 6.45) is 0.924. The van der Waals surface area contributed by atoms with Crippen molar-refractivity contribution >= 4 is 58.0 Å². The number of hydrogen-bond donors (Lipinski definition) is 2. The summed E-state index contributed by atoms with van der Waals surface area (Å²) in [4.78, 5) is 39.1. The Balaban J connectivity index is 1.47. The molecule has 2 N–H and O–H groups in total. The third-order valence-corrected chi connectivity index (χ3v) is 6.24. The fourth-order valence-electron chi connectivity index (χ4n) is 3.44. The molecule has 3 aromatic carbocycles. The number of halogens is 2. The highest BCUT2D eigenvalue weighted by atomic mass is 35.5. The average Bonchev–Trinajstić information content (AvgIpc) is 3.05. The van der Waals surface area contributed by atoms with E-state index in [1.165, 1.54) is 5.56 Å². The zero-order chi connectivity index (χ0) is 24.4. The lowest BCUT2D eigenvalue weighted by molar-refractivity contribution is -0.120. The van der Waals surface area contributed by atoms with E-state index in [1.54, 1.807) is 42.5 Å². The van der Waals surface area contributed by atoms with Crippen molar-refractivity contribution in [1.82, 2.24) is 0 Å². The Bertz CT molecular complexity index is 1320. The van der Waals surface area contributed by atoms with Gasteiger partial charge >= 0.3 is 0 Å². The van der Waals surface area contributed by atoms with Crippen molar-refractivity contribution in [1.29, 1.82) is 0 Å². The van der Waals surface area contributed by atoms with Crippen LogP contribution in [-0.4, -0.2) is 17.7 Å². The van der Waals surface area contributed by atoms with Crippen LogP contribution in [0.4, 0.5) is 17.1 Å². The summed E-state index contributed by atoms with van der Waals surface area (Å²) in [6.45, 7) is 3.89. The zero-order valence-electron chi connectivity index (χ0n) is 18.5. The van der Waals surface area contributed by atoms with Crippen molar-refractivity contribution in [2.75, 3.05) is 15.5 Å². The maximum Gasteiger partial charge on any atom is 0.283 e. The van der Waals surface area contributed by atoms with Gasteiger partial charge in [-0.3, -0.25) is 14.4 Å². The van der Waals surface area contributed by atoms with E-state index in [0.717, 1.165) is 16.9 Å². The number of nitrogens with zero attached hydrogens (tertiary/aromatic N) is 1. The van der Waals surface area contributed by atoms with Gasteiger partial charge in [0, 0.05) is 22.0 Å². The molecule has 0 radical (unpaired) electrons. The van der Waals surface area contributed by atoms with Crippen LogP contribution in [0.25, 0.3) is 0 Å². The SMILES string of the molecule is CCc1ccc(NC(=O)c2ccc(NC3=C(Cl)C(=O)N(c4ccc(C)c(Cl)c4)C3=O)cc2)cc1. The summed E-state index contributed by atoms with van der Waals surface area (Å²) in [5.41, 5.74) is 3.94. The van der Waals surface area contributed by atoms with Gasteiger partial charge in [-0.1, -0.05) is 48.3 Å². The van der Waals surface area contributed by atoms with Gasteiger partial charge in [0.05, 0.1) is 5.69 Å². The number of rotatable bonds is 6. The van der Waals surface area contributed by atoms with Crippen LogP contribution in [0.15, 0.2) is 77.5 Å². The van der Waals surface area contributed by atoms with Crippen LogP contribution in [0.1, 0.15) is 28.4 Å². The molecule has 0 aliphatic carbocycles. The van der Waals surface area contributed by atoms with Gasteiger partial charge in [0.15, 0.2) is 0 Å². The Labute approximate surface area is 207 Å². The van der Waals surface area contributed by atoms with E-state index in [2.05, 4.69) is 17.6 Å². The predicted octanol–water partition coefficient (Wildman–Crippen LogP) is 5.90. The molecule has 0 fully saturated rings. The van der Waals surface area contributed by atoms with E-state index >= 15 is 0 Å². The van der Waals surface area contributed by atoms with Crippen molar-refractivity contribution in [2.24, 2.45) is 0 Å². The molecule has 0 saturated carbocycles. The van der Waals surface area contributed by atoms with E-state index in [9.17, 15) is 14.4 Å². The molecule has 0 bridgehead atoms. The van der Waals surface area contributed by atoms with Crippen LogP contribution in [-0.2, 0) is 16.0 Å². The predicted molar refractivity (Wildman–Crippen MR) is 135 cm³/mol. The highest BCUT2D eigenvalue weighted by molar-refractivity contribution is 6.53. The summed E-state index contributed by atoms with van der Waals surface area (Å²) in [7, 11) is 0. The molecule has 172 valence electrons. The van der Waals surface area contributed by atoms with Gasteiger partial charge < -0.3 is 10.6 Å². The molecular weight excluding hydrogens is 473 g/mol. The fraction of sp³-hybridized carbons (Fsp3) is 0.115. The second-order valence-electron chi connectivity index (χ2n) is 7.78. The van der Waals surface area contributed by atoms with E-state index in [0.29, 0.717) is 27.6 Å². The third-order valence-electron chi connectivity index (χ3n) is 5.48. The van der Waals surface area contributed by atoms with Gasteiger partial charge in [-0.25, -0.2) is 4.90 Å². The number of benzene rings is 3. The topological polar surface area (TPSA) is 78.5 Å². The second kappa shape index (κ2) is 9.71. The van der Waals surface area contributed by atoms with Crippen LogP contribution in [0.5, 0.6) is 0 Å². The van der Waals surface area contributed by atoms with Crippen molar-refractivity contribution in [3.8, 4) is 0 Å². The minimum Gasteiger partial charge on any atom is -0.350 e. The van der Waals surface area contributed by atoms with Gasteiger partial charge in [0.2, 0.25) is 0 Å². The van der Waals surface area contributed by atoms with Crippen molar-refractivity contribution in [2.45, 2.75) is 20.3 Å². The van der Waals surface area contributed by atoms with E-state index in [-0.39, 0.29) is 16.6 Å². The summed E-state index contributed by atoms with van der Waals surface area (Å²) >= 11 is 12.3. The number of aryl methyl sites for hydroxylation is 2. The van der Waals surface area contributed by atoms with E-state index < -0.39 is 11.8 Å². The first-order valence-corrected chi connectivity index (χ1v) is 11.4. The zero-order valence-corrected chi connectivity index (χ0v) is 20.0. The maximum atomic E-state index is 12.9. The minimum absolute atomic E-state index is 0.0448. The molecular formula is C26H21Cl2N3O3. The lowest BCUT2D eigenvalue weighted by Crippen LogP contribution is -2.32. The Morgan fingerprint density at radius 2 is 1.53 bits per heavy atom. The fourth-order valence-corrected chi connectivity index (χ4v) is 3.83. The molecule has 0 aromatic heterocycles. The van der Waals surface area contributed by atoms with Gasteiger partial charge in [0.25, 0.3) is 17.7 Å². The lowest BCUT2D eigenvalue weighted by Gasteiger charge is -2.16. The molecule has 8 heteroatoms. The molecule has 6 nitrogen and oxygen atoms in total. The smallest absolute Gasteiger partial charge is 0.283 e. The van der Waals surface area contributed by atoms with Crippen molar-refractivity contribution in [3.05, 3.63) is 99.2 Å². The Morgan fingerprint density at radius 3 is 2.15 bits per heavy atom. The average molecular weight is 494 g/mol. The molecule has 34 heavy (non-hydrogen) atoms. The van der Waals surface area contributed by atoms with E-state index in [1.807, 2.05) is 31.2 Å². The second-order valence-corrected chi connectivity index (χ2v) is 8.56. The first-order chi connectivity index (χ1) is 16.3. The summed E-state index contributed by atoms with van der Waals surface area (Å²) in [5, 5.41) is 5.96. The molecule has 1 heterocycles. The lowest BCUT2D eigenvalue weighted by atomic mass is 10.1. The van der Waals surface area contributed by atoms with Crippen LogP contribution in [0.2, 0.25) is 5.02 Å². The molecule has 4 rings (SSSR count). The number of amides is 3. The summed E-state index contributed by atoms with van der Waals surface area (Å²) in [5.74, 6) is -1.49. The number of carbonyl (C=O) groups excluding carboxylic acids is 3. The number of nitrogens with one attached hydrogen (secondary N) is 2. The molecule has 0 atom stereocenters. The highest BCUT2D eigenvalue weighted by Gasteiger charge is 2.39. The van der Waals surface area contributed by atoms with Crippen LogP contribution in [0.3, 0.4) is 0 Å². The Hall–Kier alpha value is -3.61. The van der Waals surface area contributed by atoms with E-state index in [4.69, 9.17) is 23.2 Å². The number of hydrogen-bond acceptors (Lipinski definition) is 4. The molecule has 1 aliphatic rings. The molecule has 3 amide bonds. The normalized spacial score (nSPS) is 13.5. The molecule has 0 spiro atoms. The maximum absolute atomic E-state index is 12.9. The van der Waals surface area contributed by atoms with Crippen LogP contribution in [0, 0.1) is 6.92 Å². The summed E-state index contributed by atoms with van der Waals surface area (Å²) in [6, 6.07) is 19.0. The first-order valence-electron chi connectivity index (χ1n) is 10.6. The highest BCUT2D eigenvalue weighted by Crippen LogP contribution is 2.32. The largest absolute Gasteiger partial charge is 0.350 e. The number of imide groups is 1. The third kappa shape index (κ3) is 4.69. The van der Waals surface area contributed by atoms with Gasteiger partial charge in [-0.2, -0.15) is 0 Å². The van der Waals surface area contributed by atoms with Crippen molar-refractivity contribution < 1.29 is 14.4 Å². The Kier molecular flexibility index (Phi) is 6.72. The van der Waals surface area contributed by atoms with Crippen molar-refractivity contribution in [3.63, 3.8) is 0 Å². The quantitative estimate of drug-likeness (QED) is 0.419. The van der Waals surface area contributed by atoms with Gasteiger partial charge in [0.1, 0.15) is 10.7 Å². The number of carbonyl (C=O) groups is 3. The first kappa shape index (κ1) is 23.5. The number of anilines is 3. The standard InChI is InChI=1S/C26H21Cl2N3O3/c1-3-16-5-9-19(10-6-16)30-24(32)17-7-11-18(12-8-17)29-23-22(28)25(33)31(26(23)34)20-13-4-15(2)21(27)14-20/h4-14,29H,3H2,1-2H3,(H,30,32). The minimum atomic E-state index is -0.640. The Morgan fingerprint density at radius 1 is 0.882 bits per heavy atom. The van der Waals surface area contributed by atoms with Gasteiger partial charge in [-0.15, -0.1) is 0 Å².